The van der Waals surface area contributed by atoms with E-state index in [9.17, 15) is 14.7 Å². The highest BCUT2D eigenvalue weighted by atomic mass is 16.3. The molecule has 1 unspecified atom stereocenters. The minimum Gasteiger partial charge on any atom is -0.508 e. The second-order valence-corrected chi connectivity index (χ2v) is 6.00. The predicted molar refractivity (Wildman–Crippen MR) is 88.3 cm³/mol. The summed E-state index contributed by atoms with van der Waals surface area (Å²) in [6.07, 6.45) is 1.41. The summed E-state index contributed by atoms with van der Waals surface area (Å²) < 4.78 is 0. The topological polar surface area (TPSA) is 80.4 Å². The minimum atomic E-state index is -0.442. The number of Topliss-reactive ketones (excluding diaryl/α,β-unsaturated/α-hetero) is 1. The van der Waals surface area contributed by atoms with Gasteiger partial charge in [-0.15, -0.1) is 0 Å². The normalized spacial score (nSPS) is 16.4. The molecule has 1 amide bonds. The molecule has 4 heteroatoms. The molecule has 0 aliphatic heterocycles. The molecule has 1 aliphatic rings. The Morgan fingerprint density at radius 2 is 1.91 bits per heavy atom. The van der Waals surface area contributed by atoms with Crippen LogP contribution >= 0.6 is 0 Å². The standard InChI is InChI=1S/C19H19NO3/c1-2-11-7-13(4-6-17(11)21)12-3-5-16-14(8-12)9-15(19(16)23)10-18(20)22/h3-8,15,21H,2,9-10H2,1H3,(H2,20,22). The van der Waals surface area contributed by atoms with Gasteiger partial charge in [0.15, 0.2) is 5.78 Å². The quantitative estimate of drug-likeness (QED) is 0.911. The van der Waals surface area contributed by atoms with Crippen LogP contribution in [0.3, 0.4) is 0 Å². The number of fused-ring (bicyclic) bond motifs is 1. The number of hydrogen-bond donors (Lipinski definition) is 2. The number of primary amides is 1. The molecule has 0 heterocycles. The Morgan fingerprint density at radius 3 is 2.61 bits per heavy atom. The summed E-state index contributed by atoms with van der Waals surface area (Å²) in [5, 5.41) is 9.80. The summed E-state index contributed by atoms with van der Waals surface area (Å²) in [5.74, 6) is -0.467. The molecule has 118 valence electrons. The lowest BCUT2D eigenvalue weighted by Gasteiger charge is -2.08. The number of carbonyl (C=O) groups excluding carboxylic acids is 2. The number of benzene rings is 2. The molecule has 0 fully saturated rings. The van der Waals surface area contributed by atoms with Gasteiger partial charge in [0.05, 0.1) is 0 Å². The Hall–Kier alpha value is -2.62. The van der Waals surface area contributed by atoms with E-state index in [4.69, 9.17) is 5.73 Å². The third-order valence-corrected chi connectivity index (χ3v) is 4.45. The Kier molecular flexibility index (Phi) is 3.90. The second-order valence-electron chi connectivity index (χ2n) is 6.00. The van der Waals surface area contributed by atoms with Crippen molar-refractivity contribution in [3.63, 3.8) is 0 Å². The van der Waals surface area contributed by atoms with Crippen LogP contribution in [0.2, 0.25) is 0 Å². The van der Waals surface area contributed by atoms with E-state index in [1.807, 2.05) is 37.3 Å². The van der Waals surface area contributed by atoms with Crippen LogP contribution in [0.15, 0.2) is 36.4 Å². The highest BCUT2D eigenvalue weighted by Gasteiger charge is 2.31. The summed E-state index contributed by atoms with van der Waals surface area (Å²) in [6.45, 7) is 1.99. The molecule has 1 atom stereocenters. The lowest BCUT2D eigenvalue weighted by molar-refractivity contribution is -0.118. The number of carbonyl (C=O) groups is 2. The zero-order valence-electron chi connectivity index (χ0n) is 13.0. The maximum Gasteiger partial charge on any atom is 0.218 e. The Bertz CT molecular complexity index is 795. The van der Waals surface area contributed by atoms with Crippen molar-refractivity contribution in [2.75, 3.05) is 0 Å². The van der Waals surface area contributed by atoms with E-state index in [1.165, 1.54) is 0 Å². The summed E-state index contributed by atoms with van der Waals surface area (Å²) in [7, 11) is 0. The summed E-state index contributed by atoms with van der Waals surface area (Å²) in [6, 6.07) is 11.3. The van der Waals surface area contributed by atoms with Crippen LogP contribution in [-0.2, 0) is 17.6 Å². The maximum atomic E-state index is 12.3. The largest absolute Gasteiger partial charge is 0.508 e. The number of aromatic hydroxyl groups is 1. The number of hydrogen-bond acceptors (Lipinski definition) is 3. The zero-order chi connectivity index (χ0) is 16.6. The summed E-state index contributed by atoms with van der Waals surface area (Å²) in [4.78, 5) is 23.4. The molecule has 3 rings (SSSR count). The van der Waals surface area contributed by atoms with E-state index in [-0.39, 0.29) is 18.1 Å². The second kappa shape index (κ2) is 5.88. The average Bonchev–Trinajstić information content (AvgIpc) is 2.83. The summed E-state index contributed by atoms with van der Waals surface area (Å²) in [5.41, 5.74) is 9.78. The molecular weight excluding hydrogens is 290 g/mol. The molecule has 0 aromatic heterocycles. The zero-order valence-corrected chi connectivity index (χ0v) is 13.0. The monoisotopic (exact) mass is 309 g/mol. The SMILES string of the molecule is CCc1cc(-c2ccc3c(c2)CC(CC(N)=O)C3=O)ccc1O. The van der Waals surface area contributed by atoms with Gasteiger partial charge in [-0.1, -0.05) is 31.2 Å². The highest BCUT2D eigenvalue weighted by molar-refractivity contribution is 6.04. The number of ketones is 1. The van der Waals surface area contributed by atoms with Crippen LogP contribution < -0.4 is 5.73 Å². The lowest BCUT2D eigenvalue weighted by Crippen LogP contribution is -2.20. The fourth-order valence-corrected chi connectivity index (χ4v) is 3.22. The van der Waals surface area contributed by atoms with Crippen molar-refractivity contribution in [3.8, 4) is 16.9 Å². The van der Waals surface area contributed by atoms with Gasteiger partial charge < -0.3 is 10.8 Å². The predicted octanol–water partition coefficient (Wildman–Crippen LogP) is 2.85. The molecular formula is C19H19NO3. The molecule has 1 aliphatic carbocycles. The first-order valence-electron chi connectivity index (χ1n) is 7.77. The van der Waals surface area contributed by atoms with Crippen LogP contribution in [0.1, 0.15) is 34.8 Å². The van der Waals surface area contributed by atoms with Crippen molar-refractivity contribution < 1.29 is 14.7 Å². The third-order valence-electron chi connectivity index (χ3n) is 4.45. The van der Waals surface area contributed by atoms with Crippen LogP contribution in [0.25, 0.3) is 11.1 Å². The maximum absolute atomic E-state index is 12.3. The molecule has 0 bridgehead atoms. The molecule has 0 radical (unpaired) electrons. The number of nitrogens with two attached hydrogens (primary N) is 1. The smallest absolute Gasteiger partial charge is 0.218 e. The molecule has 3 N–H and O–H groups in total. The first kappa shape index (κ1) is 15.3. The van der Waals surface area contributed by atoms with Gasteiger partial charge in [0.2, 0.25) is 5.91 Å². The van der Waals surface area contributed by atoms with Gasteiger partial charge in [-0.25, -0.2) is 0 Å². The van der Waals surface area contributed by atoms with E-state index in [2.05, 4.69) is 0 Å². The molecule has 0 spiro atoms. The van der Waals surface area contributed by atoms with Crippen molar-refractivity contribution >= 4 is 11.7 Å². The van der Waals surface area contributed by atoms with E-state index in [0.29, 0.717) is 17.7 Å². The summed E-state index contributed by atoms with van der Waals surface area (Å²) >= 11 is 0. The van der Waals surface area contributed by atoms with Crippen molar-refractivity contribution in [2.24, 2.45) is 11.7 Å². The Morgan fingerprint density at radius 1 is 1.22 bits per heavy atom. The van der Waals surface area contributed by atoms with Crippen molar-refractivity contribution in [3.05, 3.63) is 53.1 Å². The fraction of sp³-hybridized carbons (Fsp3) is 0.263. The van der Waals surface area contributed by atoms with E-state index in [0.717, 1.165) is 28.7 Å². The van der Waals surface area contributed by atoms with Gasteiger partial charge in [-0.2, -0.15) is 0 Å². The number of phenols is 1. The van der Waals surface area contributed by atoms with Gasteiger partial charge >= 0.3 is 0 Å². The van der Waals surface area contributed by atoms with Gasteiger partial charge in [-0.3, -0.25) is 9.59 Å². The van der Waals surface area contributed by atoms with E-state index >= 15 is 0 Å². The van der Waals surface area contributed by atoms with Gasteiger partial charge in [0.25, 0.3) is 0 Å². The van der Waals surface area contributed by atoms with Gasteiger partial charge in [-0.05, 0) is 47.2 Å². The minimum absolute atomic E-state index is 0.00491. The van der Waals surface area contributed by atoms with Crippen LogP contribution in [0, 0.1) is 5.92 Å². The van der Waals surface area contributed by atoms with Gasteiger partial charge in [0, 0.05) is 17.9 Å². The van der Waals surface area contributed by atoms with Crippen molar-refractivity contribution in [1.82, 2.24) is 0 Å². The number of amides is 1. The molecule has 2 aromatic carbocycles. The Balaban J connectivity index is 1.94. The molecule has 2 aromatic rings. The first-order chi connectivity index (χ1) is 11.0. The molecule has 0 saturated carbocycles. The van der Waals surface area contributed by atoms with Crippen LogP contribution in [-0.4, -0.2) is 16.8 Å². The fourth-order valence-electron chi connectivity index (χ4n) is 3.22. The Labute approximate surface area is 134 Å². The molecule has 4 nitrogen and oxygen atoms in total. The van der Waals surface area contributed by atoms with E-state index in [1.54, 1.807) is 6.07 Å². The lowest BCUT2D eigenvalue weighted by atomic mass is 9.98. The number of rotatable bonds is 4. The molecule has 0 saturated heterocycles. The number of phenolic OH excluding ortho intramolecular Hbond substituents is 1. The third kappa shape index (κ3) is 2.84. The van der Waals surface area contributed by atoms with Crippen LogP contribution in [0.5, 0.6) is 5.75 Å². The van der Waals surface area contributed by atoms with Gasteiger partial charge in [0.1, 0.15) is 5.75 Å². The average molecular weight is 309 g/mol. The number of aryl methyl sites for hydroxylation is 1. The first-order valence-corrected chi connectivity index (χ1v) is 7.77. The molecule has 23 heavy (non-hydrogen) atoms. The van der Waals surface area contributed by atoms with Crippen LogP contribution in [0.4, 0.5) is 0 Å². The van der Waals surface area contributed by atoms with Crippen molar-refractivity contribution in [1.29, 1.82) is 0 Å². The highest BCUT2D eigenvalue weighted by Crippen LogP contribution is 2.33. The van der Waals surface area contributed by atoms with Crippen molar-refractivity contribution in [2.45, 2.75) is 26.2 Å². The van der Waals surface area contributed by atoms with E-state index < -0.39 is 5.91 Å².